The zero-order chi connectivity index (χ0) is 13.0. The van der Waals surface area contributed by atoms with Gasteiger partial charge in [-0.1, -0.05) is 12.1 Å². The summed E-state index contributed by atoms with van der Waals surface area (Å²) < 4.78 is 13.3. The van der Waals surface area contributed by atoms with Crippen LogP contribution in [0.4, 0.5) is 14.9 Å². The van der Waals surface area contributed by atoms with Crippen LogP contribution in [0.5, 0.6) is 0 Å². The van der Waals surface area contributed by atoms with Gasteiger partial charge in [0.25, 0.3) is 0 Å². The van der Waals surface area contributed by atoms with E-state index in [0.717, 1.165) is 0 Å². The third-order valence-electron chi connectivity index (χ3n) is 2.18. The largest absolute Gasteiger partial charge is 0.480 e. The molecule has 3 N–H and O–H groups in total. The van der Waals surface area contributed by atoms with E-state index >= 15 is 0 Å². The standard InChI is InChI=1S/C11H13FN2O3/c1-6-4-3-5-8(12)9(6)14-11(17)13-7(2)10(15)16/h3-5,7H,1-2H3,(H,15,16)(H2,13,14,17). The number of anilines is 1. The zero-order valence-electron chi connectivity index (χ0n) is 9.45. The number of carbonyl (C=O) groups is 2. The molecule has 0 aromatic heterocycles. The number of urea groups is 1. The molecule has 1 unspecified atom stereocenters. The number of amides is 2. The summed E-state index contributed by atoms with van der Waals surface area (Å²) in [6, 6.07) is 2.58. The van der Waals surface area contributed by atoms with Gasteiger partial charge < -0.3 is 15.7 Å². The number of rotatable bonds is 3. The van der Waals surface area contributed by atoms with E-state index in [1.165, 1.54) is 19.1 Å². The molecule has 0 aliphatic heterocycles. The molecule has 0 saturated carbocycles. The Morgan fingerprint density at radius 3 is 2.59 bits per heavy atom. The van der Waals surface area contributed by atoms with Crippen molar-refractivity contribution in [2.45, 2.75) is 19.9 Å². The molecule has 0 aliphatic carbocycles. The van der Waals surface area contributed by atoms with Gasteiger partial charge in [0.15, 0.2) is 0 Å². The number of aliphatic carboxylic acids is 1. The summed E-state index contributed by atoms with van der Waals surface area (Å²) in [4.78, 5) is 21.9. The number of hydrogen-bond acceptors (Lipinski definition) is 2. The lowest BCUT2D eigenvalue weighted by molar-refractivity contribution is -0.138. The lowest BCUT2D eigenvalue weighted by Gasteiger charge is -2.12. The molecule has 1 rings (SSSR count). The van der Waals surface area contributed by atoms with Crippen LogP contribution in [0.15, 0.2) is 18.2 Å². The van der Waals surface area contributed by atoms with Gasteiger partial charge in [0, 0.05) is 0 Å². The summed E-state index contributed by atoms with van der Waals surface area (Å²) in [5.41, 5.74) is 0.603. The van der Waals surface area contributed by atoms with Crippen LogP contribution in [0, 0.1) is 12.7 Å². The number of halogens is 1. The van der Waals surface area contributed by atoms with Gasteiger partial charge in [-0.3, -0.25) is 4.79 Å². The van der Waals surface area contributed by atoms with Crippen LogP contribution in [0.3, 0.4) is 0 Å². The number of hydrogen-bond donors (Lipinski definition) is 3. The molecule has 1 atom stereocenters. The van der Waals surface area contributed by atoms with Gasteiger partial charge in [-0.15, -0.1) is 0 Å². The Balaban J connectivity index is 2.72. The van der Waals surface area contributed by atoms with Crippen LogP contribution in [-0.2, 0) is 4.79 Å². The maximum Gasteiger partial charge on any atom is 0.325 e. The van der Waals surface area contributed by atoms with Crippen LogP contribution in [0.1, 0.15) is 12.5 Å². The van der Waals surface area contributed by atoms with Gasteiger partial charge >= 0.3 is 12.0 Å². The third kappa shape index (κ3) is 3.44. The summed E-state index contributed by atoms with van der Waals surface area (Å²) in [5, 5.41) is 13.0. The Bertz CT molecular complexity index is 428. The van der Waals surface area contributed by atoms with E-state index in [1.54, 1.807) is 13.0 Å². The number of carboxylic acids is 1. The van der Waals surface area contributed by atoms with Crippen molar-refractivity contribution in [3.8, 4) is 0 Å². The number of para-hydroxylation sites is 1. The fraction of sp³-hybridized carbons (Fsp3) is 0.273. The maximum atomic E-state index is 13.3. The molecule has 0 heterocycles. The second-order valence-electron chi connectivity index (χ2n) is 3.59. The SMILES string of the molecule is Cc1cccc(F)c1NC(=O)NC(C)C(=O)O. The van der Waals surface area contributed by atoms with Crippen LogP contribution in [0.25, 0.3) is 0 Å². The molecule has 0 bridgehead atoms. The van der Waals surface area contributed by atoms with E-state index < -0.39 is 23.9 Å². The van der Waals surface area contributed by atoms with E-state index in [2.05, 4.69) is 10.6 Å². The molecule has 1 aromatic carbocycles. The van der Waals surface area contributed by atoms with Crippen molar-refractivity contribution in [3.63, 3.8) is 0 Å². The molecule has 5 nitrogen and oxygen atoms in total. The molecule has 17 heavy (non-hydrogen) atoms. The quantitative estimate of drug-likeness (QED) is 0.752. The van der Waals surface area contributed by atoms with Gasteiger partial charge in [-0.2, -0.15) is 0 Å². The second kappa shape index (κ2) is 5.29. The van der Waals surface area contributed by atoms with Gasteiger partial charge in [-0.25, -0.2) is 9.18 Å². The summed E-state index contributed by atoms with van der Waals surface area (Å²) in [6.07, 6.45) is 0. The number of aryl methyl sites for hydroxylation is 1. The van der Waals surface area contributed by atoms with E-state index in [1.807, 2.05) is 0 Å². The molecule has 0 saturated heterocycles. The summed E-state index contributed by atoms with van der Waals surface area (Å²) >= 11 is 0. The predicted molar refractivity (Wildman–Crippen MR) is 60.4 cm³/mol. The van der Waals surface area contributed by atoms with Crippen molar-refractivity contribution in [1.82, 2.24) is 5.32 Å². The van der Waals surface area contributed by atoms with Gasteiger partial charge in [0.1, 0.15) is 11.9 Å². The molecule has 2 amide bonds. The zero-order valence-corrected chi connectivity index (χ0v) is 9.45. The first-order valence-corrected chi connectivity index (χ1v) is 4.97. The van der Waals surface area contributed by atoms with E-state index in [-0.39, 0.29) is 5.69 Å². The van der Waals surface area contributed by atoms with E-state index in [0.29, 0.717) is 5.56 Å². The normalized spacial score (nSPS) is 11.7. The minimum atomic E-state index is -1.16. The van der Waals surface area contributed by atoms with Crippen LogP contribution in [-0.4, -0.2) is 23.1 Å². The minimum Gasteiger partial charge on any atom is -0.480 e. The highest BCUT2D eigenvalue weighted by atomic mass is 19.1. The Morgan fingerprint density at radius 1 is 1.41 bits per heavy atom. The molecule has 0 aliphatic rings. The second-order valence-corrected chi connectivity index (χ2v) is 3.59. The number of benzene rings is 1. The summed E-state index contributed by atoms with van der Waals surface area (Å²) in [7, 11) is 0. The van der Waals surface area contributed by atoms with Crippen LogP contribution < -0.4 is 10.6 Å². The monoisotopic (exact) mass is 240 g/mol. The Labute approximate surface area is 97.6 Å². The van der Waals surface area contributed by atoms with Gasteiger partial charge in [0.2, 0.25) is 0 Å². The van der Waals surface area contributed by atoms with Gasteiger partial charge in [-0.05, 0) is 25.5 Å². The Morgan fingerprint density at radius 2 is 2.06 bits per heavy atom. The highest BCUT2D eigenvalue weighted by molar-refractivity contribution is 5.92. The topological polar surface area (TPSA) is 78.4 Å². The van der Waals surface area contributed by atoms with E-state index in [9.17, 15) is 14.0 Å². The molecule has 6 heteroatoms. The molecule has 0 spiro atoms. The third-order valence-corrected chi connectivity index (χ3v) is 2.18. The van der Waals surface area contributed by atoms with Crippen molar-refractivity contribution in [2.24, 2.45) is 0 Å². The lowest BCUT2D eigenvalue weighted by Crippen LogP contribution is -2.41. The van der Waals surface area contributed by atoms with Crippen LogP contribution in [0.2, 0.25) is 0 Å². The minimum absolute atomic E-state index is 0.0441. The molecular formula is C11H13FN2O3. The van der Waals surface area contributed by atoms with Gasteiger partial charge in [0.05, 0.1) is 5.69 Å². The van der Waals surface area contributed by atoms with Crippen molar-refractivity contribution < 1.29 is 19.1 Å². The van der Waals surface area contributed by atoms with Crippen LogP contribution >= 0.6 is 0 Å². The maximum absolute atomic E-state index is 13.3. The van der Waals surface area contributed by atoms with E-state index in [4.69, 9.17) is 5.11 Å². The first-order chi connectivity index (χ1) is 7.91. The van der Waals surface area contributed by atoms with Crippen molar-refractivity contribution in [2.75, 3.05) is 5.32 Å². The summed E-state index contributed by atoms with van der Waals surface area (Å²) in [6.45, 7) is 2.95. The average Bonchev–Trinajstić information content (AvgIpc) is 2.23. The predicted octanol–water partition coefficient (Wildman–Crippen LogP) is 1.73. The van der Waals surface area contributed by atoms with Crippen molar-refractivity contribution in [3.05, 3.63) is 29.6 Å². The number of nitrogens with one attached hydrogen (secondary N) is 2. The highest BCUT2D eigenvalue weighted by Gasteiger charge is 2.15. The van der Waals surface area contributed by atoms with Crippen molar-refractivity contribution >= 4 is 17.7 Å². The average molecular weight is 240 g/mol. The molecule has 1 aromatic rings. The summed E-state index contributed by atoms with van der Waals surface area (Å²) in [5.74, 6) is -1.73. The Hall–Kier alpha value is -2.11. The molecule has 92 valence electrons. The molecule has 0 radical (unpaired) electrons. The van der Waals surface area contributed by atoms with Crippen molar-refractivity contribution in [1.29, 1.82) is 0 Å². The lowest BCUT2D eigenvalue weighted by atomic mass is 10.2. The highest BCUT2D eigenvalue weighted by Crippen LogP contribution is 2.18. The number of carboxylic acid groups (broad SMARTS) is 1. The molecular weight excluding hydrogens is 227 g/mol. The first kappa shape index (κ1) is 13.0. The first-order valence-electron chi connectivity index (χ1n) is 4.97. The smallest absolute Gasteiger partial charge is 0.325 e. The fourth-order valence-electron chi connectivity index (χ4n) is 1.20. The fourth-order valence-corrected chi connectivity index (χ4v) is 1.20. The molecule has 0 fully saturated rings. The Kier molecular flexibility index (Phi) is 4.03. The number of carbonyl (C=O) groups excluding carboxylic acids is 1.